The van der Waals surface area contributed by atoms with Gasteiger partial charge in [-0.3, -0.25) is 4.79 Å². The Morgan fingerprint density at radius 1 is 1.07 bits per heavy atom. The zero-order chi connectivity index (χ0) is 30.5. The van der Waals surface area contributed by atoms with Crippen LogP contribution in [-0.2, 0) is 22.2 Å². The first-order valence-electron chi connectivity index (χ1n) is 13.9. The van der Waals surface area contributed by atoms with Crippen molar-refractivity contribution in [1.82, 2.24) is 9.88 Å². The first kappa shape index (κ1) is 29.7. The molecule has 224 valence electrons. The van der Waals surface area contributed by atoms with Crippen molar-refractivity contribution < 1.29 is 27.6 Å². The first-order chi connectivity index (χ1) is 20.4. The van der Waals surface area contributed by atoms with Gasteiger partial charge in [-0.1, -0.05) is 52.6 Å². The number of rotatable bonds is 9. The highest BCUT2D eigenvalue weighted by molar-refractivity contribution is 7.89. The molecule has 8 nitrogen and oxygen atoms in total. The zero-order valence-electron chi connectivity index (χ0n) is 23.6. The van der Waals surface area contributed by atoms with Gasteiger partial charge in [-0.2, -0.15) is 0 Å². The van der Waals surface area contributed by atoms with E-state index in [-0.39, 0.29) is 18.1 Å². The van der Waals surface area contributed by atoms with Crippen molar-refractivity contribution >= 4 is 39.1 Å². The summed E-state index contributed by atoms with van der Waals surface area (Å²) in [6.07, 6.45) is 3.94. The van der Waals surface area contributed by atoms with Gasteiger partial charge in [-0.25, -0.2) is 13.1 Å². The van der Waals surface area contributed by atoms with Gasteiger partial charge >= 0.3 is 0 Å². The van der Waals surface area contributed by atoms with E-state index in [4.69, 9.17) is 32.5 Å². The number of hydrogen-bond donors (Lipinski definition) is 2. The Balaban J connectivity index is 1.16. The normalized spacial score (nSPS) is 20.0. The van der Waals surface area contributed by atoms with Crippen molar-refractivity contribution in [2.45, 2.75) is 56.7 Å². The molecule has 4 aromatic rings. The van der Waals surface area contributed by atoms with E-state index < -0.39 is 21.5 Å². The van der Waals surface area contributed by atoms with Crippen LogP contribution < -0.4 is 9.46 Å². The maximum Gasteiger partial charge on any atom is 0.264 e. The molecule has 2 N–H and O–H groups in total. The Morgan fingerprint density at radius 2 is 1.77 bits per heavy atom. The van der Waals surface area contributed by atoms with Crippen LogP contribution in [0.2, 0.25) is 10.0 Å². The summed E-state index contributed by atoms with van der Waals surface area (Å²) in [5, 5.41) is 16.8. The van der Waals surface area contributed by atoms with Gasteiger partial charge in [0.25, 0.3) is 5.91 Å². The average molecular weight is 642 g/mol. The fourth-order valence-corrected chi connectivity index (χ4v) is 6.86. The minimum absolute atomic E-state index is 0.0239. The summed E-state index contributed by atoms with van der Waals surface area (Å²) in [4.78, 5) is 12.3. The van der Waals surface area contributed by atoms with Crippen molar-refractivity contribution in [2.75, 3.05) is 6.26 Å². The Morgan fingerprint density at radius 3 is 2.42 bits per heavy atom. The summed E-state index contributed by atoms with van der Waals surface area (Å²) >= 11 is 13.0. The number of nitrogens with zero attached hydrogens (tertiary/aromatic N) is 1. The molecular formula is C32H30Cl2N2O6S. The van der Waals surface area contributed by atoms with E-state index in [2.05, 4.69) is 5.16 Å². The van der Waals surface area contributed by atoms with Gasteiger partial charge in [0, 0.05) is 17.0 Å². The van der Waals surface area contributed by atoms with E-state index in [1.807, 2.05) is 35.9 Å². The van der Waals surface area contributed by atoms with E-state index in [0.717, 1.165) is 47.1 Å². The maximum atomic E-state index is 12.3. The second-order valence-electron chi connectivity index (χ2n) is 11.5. The summed E-state index contributed by atoms with van der Waals surface area (Å²) in [7, 11) is -3.67. The lowest BCUT2D eigenvalue weighted by Gasteiger charge is -2.45. The summed E-state index contributed by atoms with van der Waals surface area (Å²) in [5.41, 5.74) is 3.84. The number of aryl methyl sites for hydroxylation is 1. The molecule has 2 fully saturated rings. The largest absolute Gasteiger partial charge is 0.489 e. The molecule has 2 aliphatic rings. The lowest BCUT2D eigenvalue weighted by molar-refractivity contribution is -0.0555. The molecule has 11 heteroatoms. The van der Waals surface area contributed by atoms with Crippen LogP contribution in [0.25, 0.3) is 11.3 Å². The third-order valence-electron chi connectivity index (χ3n) is 8.12. The summed E-state index contributed by atoms with van der Waals surface area (Å²) in [6, 6.07) is 17.8. The van der Waals surface area contributed by atoms with Crippen molar-refractivity contribution in [1.29, 1.82) is 0 Å². The predicted octanol–water partition coefficient (Wildman–Crippen LogP) is 6.87. The minimum Gasteiger partial charge on any atom is -0.489 e. The molecule has 0 radical (unpaired) electrons. The van der Waals surface area contributed by atoms with E-state index in [9.17, 15) is 18.3 Å². The van der Waals surface area contributed by atoms with Crippen LogP contribution in [0.5, 0.6) is 5.75 Å². The smallest absolute Gasteiger partial charge is 0.264 e. The topological polar surface area (TPSA) is 119 Å². The van der Waals surface area contributed by atoms with E-state index in [1.165, 1.54) is 0 Å². The monoisotopic (exact) mass is 640 g/mol. The fourth-order valence-electron chi connectivity index (χ4n) is 5.82. The first-order valence-corrected chi connectivity index (χ1v) is 16.6. The van der Waals surface area contributed by atoms with Gasteiger partial charge in [0.05, 0.1) is 27.5 Å². The van der Waals surface area contributed by atoms with Gasteiger partial charge in [0.2, 0.25) is 10.0 Å². The van der Waals surface area contributed by atoms with Crippen molar-refractivity contribution in [3.8, 4) is 17.0 Å². The van der Waals surface area contributed by atoms with Gasteiger partial charge in [0.1, 0.15) is 23.8 Å². The second-order valence-corrected chi connectivity index (χ2v) is 14.0. The predicted molar refractivity (Wildman–Crippen MR) is 164 cm³/mol. The van der Waals surface area contributed by atoms with E-state index in [1.54, 1.807) is 36.4 Å². The third-order valence-corrected chi connectivity index (χ3v) is 9.30. The van der Waals surface area contributed by atoms with Crippen molar-refractivity contribution in [3.05, 3.63) is 104 Å². The van der Waals surface area contributed by atoms with Gasteiger partial charge in [-0.15, -0.1) is 0 Å². The van der Waals surface area contributed by atoms with Gasteiger partial charge < -0.3 is 14.4 Å². The number of carbonyl (C=O) groups is 1. The molecule has 0 saturated heterocycles. The number of amides is 1. The summed E-state index contributed by atoms with van der Waals surface area (Å²) in [6.45, 7) is 2.16. The molecule has 0 aliphatic heterocycles. The molecule has 1 aromatic heterocycles. The number of carbonyl (C=O) groups excluding carboxylic acids is 1. The number of sulfonamides is 1. The Labute approximate surface area is 260 Å². The Bertz CT molecular complexity index is 1810. The number of aliphatic hydroxyl groups is 1. The molecule has 6 rings (SSSR count). The Hall–Kier alpha value is -3.37. The standard InChI is InChI=1S/C32H30Cl2N2O6S/c1-18-13-23(41-17-24-29(35-42-30(24)19-9-10-19)28-26(33)7-4-8-27(28)34)11-12-25(18)32(38)15-22(16-32)20-5-3-6-21(14-20)31(37)36-43(2,39)40/h3-8,11-14,19,22,38H,9-10,15-17H2,1-2H3,(H,36,37). The number of halogens is 2. The summed E-state index contributed by atoms with van der Waals surface area (Å²) < 4.78 is 36.9. The molecule has 1 amide bonds. The summed E-state index contributed by atoms with van der Waals surface area (Å²) in [5.74, 6) is 1.09. The molecule has 1 heterocycles. The van der Waals surface area contributed by atoms with Gasteiger partial charge in [0.15, 0.2) is 0 Å². The SMILES string of the molecule is Cc1cc(OCc2c(-c3c(Cl)cccc3Cl)noc2C2CC2)ccc1C1(O)CC(c2cccc(C(=O)NS(C)(=O)=O)c2)C1. The lowest BCUT2D eigenvalue weighted by atomic mass is 9.64. The minimum atomic E-state index is -3.67. The van der Waals surface area contributed by atoms with E-state index in [0.29, 0.717) is 45.8 Å². The molecule has 0 bridgehead atoms. The number of benzene rings is 3. The van der Waals surface area contributed by atoms with Crippen LogP contribution in [0.1, 0.15) is 75.9 Å². The van der Waals surface area contributed by atoms with Crippen molar-refractivity contribution in [3.63, 3.8) is 0 Å². The lowest BCUT2D eigenvalue weighted by Crippen LogP contribution is -2.40. The van der Waals surface area contributed by atoms with E-state index >= 15 is 0 Å². The number of nitrogens with one attached hydrogen (secondary N) is 1. The third kappa shape index (κ3) is 6.17. The molecule has 43 heavy (non-hydrogen) atoms. The number of ether oxygens (including phenoxy) is 1. The highest BCUT2D eigenvalue weighted by Crippen LogP contribution is 2.52. The van der Waals surface area contributed by atoms with Crippen LogP contribution in [0.3, 0.4) is 0 Å². The molecule has 0 atom stereocenters. The van der Waals surface area contributed by atoms with Crippen LogP contribution >= 0.6 is 23.2 Å². The molecular weight excluding hydrogens is 611 g/mol. The van der Waals surface area contributed by atoms with Crippen LogP contribution in [0, 0.1) is 6.92 Å². The molecule has 0 spiro atoms. The molecule has 0 unspecified atom stereocenters. The van der Waals surface area contributed by atoms with Crippen LogP contribution in [-0.4, -0.2) is 30.8 Å². The number of aromatic nitrogens is 1. The van der Waals surface area contributed by atoms with Crippen molar-refractivity contribution in [2.24, 2.45) is 0 Å². The van der Waals surface area contributed by atoms with Crippen LogP contribution in [0.15, 0.2) is 65.2 Å². The highest BCUT2D eigenvalue weighted by Gasteiger charge is 2.45. The molecule has 2 aliphatic carbocycles. The second kappa shape index (κ2) is 11.3. The molecule has 3 aromatic carbocycles. The highest BCUT2D eigenvalue weighted by atomic mass is 35.5. The van der Waals surface area contributed by atoms with Gasteiger partial charge in [-0.05, 0) is 91.6 Å². The Kier molecular flexibility index (Phi) is 7.79. The average Bonchev–Trinajstić information content (AvgIpc) is 3.69. The molecule has 2 saturated carbocycles. The maximum absolute atomic E-state index is 12.3. The zero-order valence-corrected chi connectivity index (χ0v) is 25.9. The quantitative estimate of drug-likeness (QED) is 0.205. The number of hydrogen-bond acceptors (Lipinski definition) is 7. The van der Waals surface area contributed by atoms with Crippen LogP contribution in [0.4, 0.5) is 0 Å². The fraction of sp³-hybridized carbons (Fsp3) is 0.312.